The van der Waals surface area contributed by atoms with Gasteiger partial charge in [-0.1, -0.05) is 42.5 Å². The molecule has 0 saturated carbocycles. The first kappa shape index (κ1) is 19.7. The molecule has 0 spiro atoms. The van der Waals surface area contributed by atoms with Crippen LogP contribution in [0.1, 0.15) is 35.5 Å². The van der Waals surface area contributed by atoms with Gasteiger partial charge in [0.2, 0.25) is 0 Å². The van der Waals surface area contributed by atoms with E-state index in [1.54, 1.807) is 30.3 Å². The van der Waals surface area contributed by atoms with E-state index in [0.29, 0.717) is 17.9 Å². The molecule has 0 fully saturated rings. The third-order valence-electron chi connectivity index (χ3n) is 4.62. The summed E-state index contributed by atoms with van der Waals surface area (Å²) in [6.07, 6.45) is 0.204. The average Bonchev–Trinajstić information content (AvgIpc) is 2.72. The van der Waals surface area contributed by atoms with Gasteiger partial charge in [-0.25, -0.2) is 0 Å². The van der Waals surface area contributed by atoms with Gasteiger partial charge in [-0.2, -0.15) is 0 Å². The summed E-state index contributed by atoms with van der Waals surface area (Å²) < 4.78 is 5.81. The summed E-state index contributed by atoms with van der Waals surface area (Å²) in [4.78, 5) is 0. The van der Waals surface area contributed by atoms with Gasteiger partial charge in [-0.15, -0.1) is 0 Å². The monoisotopic (exact) mass is 376 g/mol. The Hall–Kier alpha value is -3.08. The van der Waals surface area contributed by atoms with E-state index in [0.717, 1.165) is 27.8 Å². The number of aliphatic hydroxyl groups is 3. The van der Waals surface area contributed by atoms with Crippen LogP contribution in [0.15, 0.2) is 72.8 Å². The molecule has 3 aromatic rings. The summed E-state index contributed by atoms with van der Waals surface area (Å²) in [5.74, 6) is 0.939. The van der Waals surface area contributed by atoms with E-state index >= 15 is 0 Å². The fraction of sp³-hybridized carbons (Fsp3) is 0.167. The van der Waals surface area contributed by atoms with Crippen LogP contribution in [0.4, 0.5) is 0 Å². The van der Waals surface area contributed by atoms with Gasteiger partial charge in [0.05, 0.1) is 0 Å². The Bertz CT molecular complexity index is 972. The number of aliphatic hydroxyl groups excluding tert-OH is 2. The van der Waals surface area contributed by atoms with Gasteiger partial charge in [0.25, 0.3) is 0 Å². The lowest BCUT2D eigenvalue weighted by atomic mass is 9.96. The highest BCUT2D eigenvalue weighted by Gasteiger charge is 2.07. The summed E-state index contributed by atoms with van der Waals surface area (Å²) in [5.41, 5.74) is 5.54. The molecule has 0 amide bonds. The zero-order valence-electron chi connectivity index (χ0n) is 16.0. The maximum atomic E-state index is 9.90. The Labute approximate surface area is 165 Å². The molecule has 0 aliphatic carbocycles. The molecular formula is C24H24O4. The normalized spacial score (nSPS) is 11.7. The van der Waals surface area contributed by atoms with Crippen molar-refractivity contribution in [3.05, 3.63) is 95.1 Å². The van der Waals surface area contributed by atoms with Crippen molar-refractivity contribution < 1.29 is 20.1 Å². The van der Waals surface area contributed by atoms with Crippen LogP contribution in [-0.4, -0.2) is 15.3 Å². The van der Waals surface area contributed by atoms with Crippen molar-refractivity contribution >= 4 is 5.76 Å². The third kappa shape index (κ3) is 4.60. The van der Waals surface area contributed by atoms with Crippen molar-refractivity contribution in [2.45, 2.75) is 26.7 Å². The molecule has 3 N–H and O–H groups in total. The zero-order valence-corrected chi connectivity index (χ0v) is 16.0. The fourth-order valence-electron chi connectivity index (χ4n) is 3.05. The largest absolute Gasteiger partial charge is 0.508 e. The highest BCUT2D eigenvalue weighted by molar-refractivity contribution is 5.71. The third-order valence-corrected chi connectivity index (χ3v) is 4.62. The molecule has 0 aromatic heterocycles. The molecule has 4 nitrogen and oxygen atoms in total. The minimum atomic E-state index is -1.48. The van der Waals surface area contributed by atoms with Gasteiger partial charge in [0.1, 0.15) is 18.1 Å². The molecule has 0 unspecified atom stereocenters. The Morgan fingerprint density at radius 3 is 2.39 bits per heavy atom. The number of hydrogen-bond donors (Lipinski definition) is 3. The first-order valence-corrected chi connectivity index (χ1v) is 9.12. The second-order valence-corrected chi connectivity index (χ2v) is 6.64. The standard InChI is InChI=1S/C24H24O4/c1-3-23(25)20-9-12-22(16(2)13-20)19-6-4-5-17(14-19)15-28-21-10-7-18(8-11-21)24(26)27/h3-14,24-27H,15H2,1-2H3. The fourth-order valence-corrected chi connectivity index (χ4v) is 3.05. The maximum Gasteiger partial charge on any atom is 0.178 e. The van der Waals surface area contributed by atoms with Gasteiger partial charge in [-0.3, -0.25) is 0 Å². The average molecular weight is 376 g/mol. The van der Waals surface area contributed by atoms with Crippen LogP contribution in [0.25, 0.3) is 16.9 Å². The van der Waals surface area contributed by atoms with Crippen molar-refractivity contribution in [2.75, 3.05) is 0 Å². The lowest BCUT2D eigenvalue weighted by Crippen LogP contribution is -1.98. The van der Waals surface area contributed by atoms with Crippen LogP contribution >= 0.6 is 0 Å². The minimum Gasteiger partial charge on any atom is -0.508 e. The van der Waals surface area contributed by atoms with E-state index in [4.69, 9.17) is 14.9 Å². The summed E-state index contributed by atoms with van der Waals surface area (Å²) in [5, 5.41) is 28.2. The van der Waals surface area contributed by atoms with Crippen molar-refractivity contribution in [3.63, 3.8) is 0 Å². The number of ether oxygens (including phenoxy) is 1. The van der Waals surface area contributed by atoms with E-state index in [1.807, 2.05) is 44.2 Å². The van der Waals surface area contributed by atoms with E-state index in [9.17, 15) is 5.11 Å². The molecule has 0 atom stereocenters. The van der Waals surface area contributed by atoms with E-state index in [2.05, 4.69) is 12.1 Å². The Morgan fingerprint density at radius 1 is 1.00 bits per heavy atom. The highest BCUT2D eigenvalue weighted by Crippen LogP contribution is 2.27. The summed E-state index contributed by atoms with van der Waals surface area (Å²) in [7, 11) is 0. The molecule has 3 rings (SSSR count). The van der Waals surface area contributed by atoms with Crippen LogP contribution in [0.2, 0.25) is 0 Å². The van der Waals surface area contributed by atoms with Gasteiger partial charge in [-0.05, 0) is 66.4 Å². The Morgan fingerprint density at radius 2 is 1.75 bits per heavy atom. The molecule has 0 bridgehead atoms. The SMILES string of the molecule is CC=C(O)c1ccc(-c2cccc(COc3ccc(C(O)O)cc3)c2)c(C)c1. The molecule has 144 valence electrons. The van der Waals surface area contributed by atoms with E-state index in [1.165, 1.54) is 0 Å². The van der Waals surface area contributed by atoms with E-state index < -0.39 is 6.29 Å². The number of allylic oxidation sites excluding steroid dienone is 1. The Balaban J connectivity index is 1.75. The topological polar surface area (TPSA) is 69.9 Å². The maximum absolute atomic E-state index is 9.90. The summed E-state index contributed by atoms with van der Waals surface area (Å²) in [6.45, 7) is 4.25. The predicted molar refractivity (Wildman–Crippen MR) is 111 cm³/mol. The molecule has 0 radical (unpaired) electrons. The quantitative estimate of drug-likeness (QED) is 0.411. The molecule has 3 aromatic carbocycles. The van der Waals surface area contributed by atoms with Crippen molar-refractivity contribution in [1.82, 2.24) is 0 Å². The van der Waals surface area contributed by atoms with Gasteiger partial charge in [0, 0.05) is 11.1 Å². The second kappa shape index (κ2) is 8.74. The van der Waals surface area contributed by atoms with Crippen LogP contribution in [-0.2, 0) is 6.61 Å². The zero-order chi connectivity index (χ0) is 20.1. The summed E-state index contributed by atoms with van der Waals surface area (Å²) in [6, 6.07) is 20.7. The van der Waals surface area contributed by atoms with Crippen LogP contribution in [0, 0.1) is 6.92 Å². The lowest BCUT2D eigenvalue weighted by molar-refractivity contribution is -0.0425. The smallest absolute Gasteiger partial charge is 0.178 e. The van der Waals surface area contributed by atoms with Crippen LogP contribution < -0.4 is 4.74 Å². The van der Waals surface area contributed by atoms with Crippen molar-refractivity contribution in [1.29, 1.82) is 0 Å². The molecule has 4 heteroatoms. The first-order valence-electron chi connectivity index (χ1n) is 9.12. The molecular weight excluding hydrogens is 352 g/mol. The predicted octanol–water partition coefficient (Wildman–Crippen LogP) is 5.14. The van der Waals surface area contributed by atoms with Gasteiger partial charge in [0.15, 0.2) is 6.29 Å². The molecule has 0 aliphatic rings. The Kier molecular flexibility index (Phi) is 6.14. The lowest BCUT2D eigenvalue weighted by Gasteiger charge is -2.12. The molecule has 28 heavy (non-hydrogen) atoms. The summed E-state index contributed by atoms with van der Waals surface area (Å²) >= 11 is 0. The number of rotatable bonds is 6. The molecule has 0 aliphatic heterocycles. The highest BCUT2D eigenvalue weighted by atomic mass is 16.5. The molecule has 0 saturated heterocycles. The van der Waals surface area contributed by atoms with E-state index in [-0.39, 0.29) is 5.76 Å². The number of hydrogen-bond acceptors (Lipinski definition) is 4. The van der Waals surface area contributed by atoms with Crippen LogP contribution in [0.5, 0.6) is 5.75 Å². The van der Waals surface area contributed by atoms with Gasteiger partial charge < -0.3 is 20.1 Å². The van der Waals surface area contributed by atoms with Gasteiger partial charge >= 0.3 is 0 Å². The van der Waals surface area contributed by atoms with Crippen molar-refractivity contribution in [3.8, 4) is 16.9 Å². The van der Waals surface area contributed by atoms with Crippen LogP contribution in [0.3, 0.4) is 0 Å². The minimum absolute atomic E-state index is 0.275. The number of aryl methyl sites for hydroxylation is 1. The second-order valence-electron chi connectivity index (χ2n) is 6.64. The molecule has 0 heterocycles. The number of benzene rings is 3. The first-order chi connectivity index (χ1) is 13.5. The van der Waals surface area contributed by atoms with Crippen molar-refractivity contribution in [2.24, 2.45) is 0 Å².